The van der Waals surface area contributed by atoms with E-state index in [9.17, 15) is 4.79 Å². The van der Waals surface area contributed by atoms with Crippen LogP contribution in [0.15, 0.2) is 23.1 Å². The second-order valence-corrected chi connectivity index (χ2v) is 5.11. The van der Waals surface area contributed by atoms with Gasteiger partial charge in [0.15, 0.2) is 0 Å². The van der Waals surface area contributed by atoms with E-state index in [0.717, 1.165) is 24.4 Å². The zero-order valence-electron chi connectivity index (χ0n) is 10.8. The topological polar surface area (TPSA) is 34.0 Å². The van der Waals surface area contributed by atoms with E-state index in [1.165, 1.54) is 19.3 Å². The maximum absolute atomic E-state index is 11.7. The van der Waals surface area contributed by atoms with Crippen LogP contribution in [-0.4, -0.2) is 17.7 Å². The van der Waals surface area contributed by atoms with E-state index in [2.05, 4.69) is 5.32 Å². The fourth-order valence-electron chi connectivity index (χ4n) is 2.86. The van der Waals surface area contributed by atoms with Gasteiger partial charge in [-0.1, -0.05) is 6.42 Å². The van der Waals surface area contributed by atoms with Crippen LogP contribution < -0.4 is 10.9 Å². The quantitative estimate of drug-likeness (QED) is 0.864. The number of nitrogens with one attached hydrogen (secondary N) is 1. The van der Waals surface area contributed by atoms with Crippen molar-refractivity contribution in [2.24, 2.45) is 5.92 Å². The van der Waals surface area contributed by atoms with Crippen LogP contribution in [0.3, 0.4) is 0 Å². The fourth-order valence-corrected chi connectivity index (χ4v) is 2.86. The Labute approximate surface area is 103 Å². The second kappa shape index (κ2) is 5.50. The number of rotatable bonds is 4. The number of aryl methyl sites for hydroxylation is 2. The Morgan fingerprint density at radius 1 is 1.47 bits per heavy atom. The molecule has 1 N–H and O–H groups in total. The van der Waals surface area contributed by atoms with Crippen LogP contribution in [0, 0.1) is 12.8 Å². The average Bonchev–Trinajstić information content (AvgIpc) is 2.75. The van der Waals surface area contributed by atoms with Crippen LogP contribution in [0.4, 0.5) is 0 Å². The molecule has 0 bridgehead atoms. The minimum Gasteiger partial charge on any atom is -0.317 e. The van der Waals surface area contributed by atoms with E-state index < -0.39 is 0 Å². The van der Waals surface area contributed by atoms with E-state index >= 15 is 0 Å². The van der Waals surface area contributed by atoms with Crippen LogP contribution >= 0.6 is 0 Å². The molecule has 1 aliphatic carbocycles. The first-order chi connectivity index (χ1) is 8.20. The molecule has 1 aliphatic rings. The molecule has 1 fully saturated rings. The Bertz CT molecular complexity index is 424. The normalized spacial score (nSPS) is 24.1. The molecule has 2 atom stereocenters. The molecule has 1 aromatic heterocycles. The van der Waals surface area contributed by atoms with Gasteiger partial charge in [0.1, 0.15) is 0 Å². The van der Waals surface area contributed by atoms with Crippen molar-refractivity contribution in [1.82, 2.24) is 9.88 Å². The molecule has 2 rings (SSSR count). The molecule has 2 unspecified atom stereocenters. The standard InChI is InChI=1S/C14H22N2O/c1-11-6-8-16(14(17)10-11)9-7-12-4-3-5-13(12)15-2/h6,8,10,12-13,15H,3-5,7,9H2,1-2H3. The monoisotopic (exact) mass is 234 g/mol. The van der Waals surface area contributed by atoms with Gasteiger partial charge < -0.3 is 9.88 Å². The van der Waals surface area contributed by atoms with Gasteiger partial charge in [-0.2, -0.15) is 0 Å². The minimum atomic E-state index is 0.129. The first-order valence-electron chi connectivity index (χ1n) is 6.55. The predicted molar refractivity (Wildman–Crippen MR) is 70.2 cm³/mol. The number of hydrogen-bond acceptors (Lipinski definition) is 2. The van der Waals surface area contributed by atoms with Gasteiger partial charge in [-0.05, 0) is 50.8 Å². The van der Waals surface area contributed by atoms with Gasteiger partial charge in [0.25, 0.3) is 5.56 Å². The second-order valence-electron chi connectivity index (χ2n) is 5.11. The molecule has 1 heterocycles. The first-order valence-corrected chi connectivity index (χ1v) is 6.55. The van der Waals surface area contributed by atoms with Crippen LogP contribution in [-0.2, 0) is 6.54 Å². The summed E-state index contributed by atoms with van der Waals surface area (Å²) in [6.07, 6.45) is 6.92. The summed E-state index contributed by atoms with van der Waals surface area (Å²) in [6.45, 7) is 2.81. The maximum atomic E-state index is 11.7. The van der Waals surface area contributed by atoms with Crippen molar-refractivity contribution < 1.29 is 0 Å². The Kier molecular flexibility index (Phi) is 4.00. The smallest absolute Gasteiger partial charge is 0.250 e. The molecule has 0 aromatic carbocycles. The highest BCUT2D eigenvalue weighted by molar-refractivity contribution is 5.07. The highest BCUT2D eigenvalue weighted by Crippen LogP contribution is 2.28. The molecule has 1 saturated carbocycles. The van der Waals surface area contributed by atoms with E-state index in [0.29, 0.717) is 6.04 Å². The highest BCUT2D eigenvalue weighted by Gasteiger charge is 2.25. The maximum Gasteiger partial charge on any atom is 0.250 e. The molecule has 0 spiro atoms. The summed E-state index contributed by atoms with van der Waals surface area (Å²) in [5.41, 5.74) is 1.17. The van der Waals surface area contributed by atoms with E-state index in [1.54, 1.807) is 6.07 Å². The van der Waals surface area contributed by atoms with Crippen LogP contribution in [0.5, 0.6) is 0 Å². The van der Waals surface area contributed by atoms with Crippen LogP contribution in [0.25, 0.3) is 0 Å². The lowest BCUT2D eigenvalue weighted by Gasteiger charge is -2.19. The molecule has 0 saturated heterocycles. The molecular formula is C14H22N2O. The van der Waals surface area contributed by atoms with Crippen molar-refractivity contribution in [3.63, 3.8) is 0 Å². The van der Waals surface area contributed by atoms with E-state index in [1.807, 2.05) is 30.8 Å². The van der Waals surface area contributed by atoms with Crippen molar-refractivity contribution in [1.29, 1.82) is 0 Å². The van der Waals surface area contributed by atoms with Crippen LogP contribution in [0.2, 0.25) is 0 Å². The van der Waals surface area contributed by atoms with Crippen molar-refractivity contribution in [3.8, 4) is 0 Å². The van der Waals surface area contributed by atoms with E-state index in [-0.39, 0.29) is 5.56 Å². The lowest BCUT2D eigenvalue weighted by atomic mass is 10.00. The summed E-state index contributed by atoms with van der Waals surface area (Å²) in [6, 6.07) is 4.37. The summed E-state index contributed by atoms with van der Waals surface area (Å²) < 4.78 is 1.83. The fraction of sp³-hybridized carbons (Fsp3) is 0.643. The number of pyridine rings is 1. The van der Waals surface area contributed by atoms with Gasteiger partial charge in [0.2, 0.25) is 0 Å². The average molecular weight is 234 g/mol. The third-order valence-electron chi connectivity index (χ3n) is 3.92. The number of hydrogen-bond donors (Lipinski definition) is 1. The van der Waals surface area contributed by atoms with Crippen molar-refractivity contribution in [3.05, 3.63) is 34.2 Å². The van der Waals surface area contributed by atoms with Gasteiger partial charge in [-0.15, -0.1) is 0 Å². The Balaban J connectivity index is 1.95. The molecule has 0 aliphatic heterocycles. The summed E-state index contributed by atoms with van der Waals surface area (Å²) in [7, 11) is 2.04. The molecule has 17 heavy (non-hydrogen) atoms. The van der Waals surface area contributed by atoms with Crippen molar-refractivity contribution in [2.45, 2.75) is 45.2 Å². The zero-order chi connectivity index (χ0) is 12.3. The summed E-state index contributed by atoms with van der Waals surface area (Å²) in [4.78, 5) is 11.7. The zero-order valence-corrected chi connectivity index (χ0v) is 10.8. The largest absolute Gasteiger partial charge is 0.317 e. The Hall–Kier alpha value is -1.09. The van der Waals surface area contributed by atoms with Gasteiger partial charge >= 0.3 is 0 Å². The summed E-state index contributed by atoms with van der Waals surface area (Å²) in [5, 5.41) is 3.39. The Morgan fingerprint density at radius 3 is 3.00 bits per heavy atom. The molecule has 94 valence electrons. The van der Waals surface area contributed by atoms with E-state index in [4.69, 9.17) is 0 Å². The molecule has 0 radical (unpaired) electrons. The SMILES string of the molecule is CNC1CCCC1CCn1ccc(C)cc1=O. The summed E-state index contributed by atoms with van der Waals surface area (Å²) >= 11 is 0. The summed E-state index contributed by atoms with van der Waals surface area (Å²) in [5.74, 6) is 0.730. The molecule has 3 heteroatoms. The number of aromatic nitrogens is 1. The first kappa shape index (κ1) is 12.4. The third-order valence-corrected chi connectivity index (χ3v) is 3.92. The highest BCUT2D eigenvalue weighted by atomic mass is 16.1. The van der Waals surface area contributed by atoms with Gasteiger partial charge in [-0.25, -0.2) is 0 Å². The lowest BCUT2D eigenvalue weighted by Crippen LogP contribution is -2.30. The van der Waals surface area contributed by atoms with Gasteiger partial charge in [0.05, 0.1) is 0 Å². The Morgan fingerprint density at radius 2 is 2.29 bits per heavy atom. The molecular weight excluding hydrogens is 212 g/mol. The predicted octanol–water partition coefficient (Wildman–Crippen LogP) is 1.93. The van der Waals surface area contributed by atoms with Crippen molar-refractivity contribution in [2.75, 3.05) is 7.05 Å². The molecule has 1 aromatic rings. The van der Waals surface area contributed by atoms with Gasteiger partial charge in [-0.3, -0.25) is 4.79 Å². The number of nitrogens with zero attached hydrogens (tertiary/aromatic N) is 1. The molecule has 0 amide bonds. The minimum absolute atomic E-state index is 0.129. The third kappa shape index (κ3) is 2.97. The van der Waals surface area contributed by atoms with Crippen LogP contribution in [0.1, 0.15) is 31.2 Å². The van der Waals surface area contributed by atoms with Gasteiger partial charge in [0, 0.05) is 24.8 Å². The lowest BCUT2D eigenvalue weighted by molar-refractivity contribution is 0.376. The van der Waals surface area contributed by atoms with Crippen molar-refractivity contribution >= 4 is 0 Å². The molecule has 3 nitrogen and oxygen atoms in total.